The first kappa shape index (κ1) is 15.2. The van der Waals surface area contributed by atoms with Crippen LogP contribution in [0.4, 0.5) is 0 Å². The maximum absolute atomic E-state index is 10.4. The van der Waals surface area contributed by atoms with Crippen molar-refractivity contribution in [2.24, 2.45) is 0 Å². The zero-order valence-electron chi connectivity index (χ0n) is 10.5. The molecule has 1 atom stereocenters. The average Bonchev–Trinajstić information content (AvgIpc) is 2.21. The van der Waals surface area contributed by atoms with Crippen LogP contribution in [0.25, 0.3) is 0 Å². The van der Waals surface area contributed by atoms with Crippen molar-refractivity contribution in [2.75, 3.05) is 20.1 Å². The van der Waals surface area contributed by atoms with E-state index in [-0.39, 0.29) is 6.54 Å². The van der Waals surface area contributed by atoms with Crippen LogP contribution < -0.4 is 4.90 Å². The number of carboxylic acids is 1. The van der Waals surface area contributed by atoms with E-state index in [2.05, 4.69) is 6.58 Å². The van der Waals surface area contributed by atoms with Gasteiger partial charge in [0.2, 0.25) is 0 Å². The van der Waals surface area contributed by atoms with Crippen LogP contribution in [-0.4, -0.2) is 31.2 Å². The quantitative estimate of drug-likeness (QED) is 0.416. The fourth-order valence-corrected chi connectivity index (χ4v) is 1.77. The van der Waals surface area contributed by atoms with Gasteiger partial charge in [-0.15, -0.1) is 6.58 Å². The Morgan fingerprint density at radius 3 is 2.31 bits per heavy atom. The number of quaternary nitrogens is 1. The van der Waals surface area contributed by atoms with E-state index in [0.29, 0.717) is 0 Å². The molecule has 0 fully saturated rings. The van der Waals surface area contributed by atoms with E-state index in [4.69, 9.17) is 5.11 Å². The Balaban J connectivity index is 3.14. The largest absolute Gasteiger partial charge is 0.477 e. The summed E-state index contributed by atoms with van der Waals surface area (Å²) in [4.78, 5) is 11.5. The minimum atomic E-state index is -0.707. The van der Waals surface area contributed by atoms with Crippen molar-refractivity contribution in [1.82, 2.24) is 0 Å². The lowest BCUT2D eigenvalue weighted by atomic mass is 10.1. The normalized spacial score (nSPS) is 12.3. The summed E-state index contributed by atoms with van der Waals surface area (Å²) in [7, 11) is 1.94. The molecule has 0 saturated heterocycles. The molecule has 0 aromatic heterocycles. The van der Waals surface area contributed by atoms with E-state index in [1.807, 2.05) is 13.1 Å². The Bertz CT molecular complexity index is 192. The van der Waals surface area contributed by atoms with Gasteiger partial charge in [-0.2, -0.15) is 0 Å². The molecule has 0 aliphatic heterocycles. The molecule has 0 amide bonds. The van der Waals surface area contributed by atoms with E-state index in [0.717, 1.165) is 24.3 Å². The SMILES string of the molecule is C=CCCCCCCCC[NH+](C)CC(=O)O. The molecule has 0 aromatic rings. The minimum absolute atomic E-state index is 0.235. The highest BCUT2D eigenvalue weighted by atomic mass is 16.4. The second-order valence-corrected chi connectivity index (χ2v) is 4.48. The van der Waals surface area contributed by atoms with Gasteiger partial charge in [0, 0.05) is 0 Å². The van der Waals surface area contributed by atoms with Gasteiger partial charge in [-0.1, -0.05) is 25.3 Å². The maximum Gasteiger partial charge on any atom is 0.359 e. The summed E-state index contributed by atoms with van der Waals surface area (Å²) in [5.41, 5.74) is 0. The number of unbranched alkanes of at least 4 members (excludes halogenated alkanes) is 6. The molecule has 0 aliphatic carbocycles. The lowest BCUT2D eigenvalue weighted by Crippen LogP contribution is -3.09. The minimum Gasteiger partial charge on any atom is -0.477 e. The number of nitrogens with one attached hydrogen (secondary N) is 1. The molecule has 3 heteroatoms. The van der Waals surface area contributed by atoms with Crippen molar-refractivity contribution in [3.8, 4) is 0 Å². The van der Waals surface area contributed by atoms with Gasteiger partial charge in [0.15, 0.2) is 6.54 Å². The molecule has 1 unspecified atom stereocenters. The molecule has 2 N–H and O–H groups in total. The van der Waals surface area contributed by atoms with E-state index in [1.54, 1.807) is 0 Å². The summed E-state index contributed by atoms with van der Waals surface area (Å²) in [6.45, 7) is 4.91. The maximum atomic E-state index is 10.4. The molecule has 3 nitrogen and oxygen atoms in total. The van der Waals surface area contributed by atoms with Crippen LogP contribution in [0, 0.1) is 0 Å². The van der Waals surface area contributed by atoms with Gasteiger partial charge in [0.1, 0.15) is 0 Å². The second kappa shape index (κ2) is 10.7. The number of likely N-dealkylation sites (N-methyl/N-ethyl adjacent to an activating group) is 1. The average molecular weight is 228 g/mol. The molecule has 0 bridgehead atoms. The van der Waals surface area contributed by atoms with Gasteiger partial charge < -0.3 is 10.0 Å². The number of carboxylic acid groups (broad SMARTS) is 1. The zero-order valence-corrected chi connectivity index (χ0v) is 10.5. The molecule has 0 heterocycles. The van der Waals surface area contributed by atoms with Crippen LogP contribution in [0.5, 0.6) is 0 Å². The molecule has 94 valence electrons. The van der Waals surface area contributed by atoms with Gasteiger partial charge in [-0.25, -0.2) is 4.79 Å². The van der Waals surface area contributed by atoms with E-state index >= 15 is 0 Å². The summed E-state index contributed by atoms with van der Waals surface area (Å²) in [5.74, 6) is -0.707. The molecule has 0 spiro atoms. The van der Waals surface area contributed by atoms with Crippen molar-refractivity contribution >= 4 is 5.97 Å². The number of allylic oxidation sites excluding steroid dienone is 1. The van der Waals surface area contributed by atoms with Crippen LogP contribution in [0.15, 0.2) is 12.7 Å². The van der Waals surface area contributed by atoms with Gasteiger partial charge in [-0.05, 0) is 25.7 Å². The highest BCUT2D eigenvalue weighted by Crippen LogP contribution is 2.06. The molecule has 0 aliphatic rings. The van der Waals surface area contributed by atoms with Gasteiger partial charge in [-0.3, -0.25) is 0 Å². The Kier molecular flexibility index (Phi) is 10.1. The predicted molar refractivity (Wildman–Crippen MR) is 66.8 cm³/mol. The van der Waals surface area contributed by atoms with Gasteiger partial charge in [0.05, 0.1) is 13.6 Å². The van der Waals surface area contributed by atoms with E-state index in [1.165, 1.54) is 32.1 Å². The third-order valence-electron chi connectivity index (χ3n) is 2.71. The summed E-state index contributed by atoms with van der Waals surface area (Å²) < 4.78 is 0. The van der Waals surface area contributed by atoms with Crippen molar-refractivity contribution in [2.45, 2.75) is 44.9 Å². The highest BCUT2D eigenvalue weighted by molar-refractivity contribution is 5.67. The first-order valence-electron chi connectivity index (χ1n) is 6.30. The Hall–Kier alpha value is -0.830. The third kappa shape index (κ3) is 11.2. The first-order valence-corrected chi connectivity index (χ1v) is 6.30. The van der Waals surface area contributed by atoms with Crippen molar-refractivity contribution in [1.29, 1.82) is 0 Å². The summed E-state index contributed by atoms with van der Waals surface area (Å²) >= 11 is 0. The van der Waals surface area contributed by atoms with E-state index in [9.17, 15) is 4.79 Å². The molecule has 16 heavy (non-hydrogen) atoms. The number of hydrogen-bond acceptors (Lipinski definition) is 1. The lowest BCUT2D eigenvalue weighted by Gasteiger charge is -2.10. The third-order valence-corrected chi connectivity index (χ3v) is 2.71. The molecule has 0 aromatic carbocycles. The molecular formula is C13H26NO2+. The monoisotopic (exact) mass is 228 g/mol. The Morgan fingerprint density at radius 2 is 1.75 bits per heavy atom. The first-order chi connectivity index (χ1) is 7.66. The van der Waals surface area contributed by atoms with Crippen LogP contribution in [0.2, 0.25) is 0 Å². The summed E-state index contributed by atoms with van der Waals surface area (Å²) in [6, 6.07) is 0. The smallest absolute Gasteiger partial charge is 0.359 e. The fourth-order valence-electron chi connectivity index (χ4n) is 1.77. The topological polar surface area (TPSA) is 41.7 Å². The van der Waals surface area contributed by atoms with Crippen LogP contribution in [-0.2, 0) is 4.79 Å². The van der Waals surface area contributed by atoms with Crippen LogP contribution in [0.1, 0.15) is 44.9 Å². The van der Waals surface area contributed by atoms with E-state index < -0.39 is 5.97 Å². The molecule has 0 saturated carbocycles. The van der Waals surface area contributed by atoms with Crippen molar-refractivity contribution in [3.05, 3.63) is 12.7 Å². The number of carbonyl (C=O) groups is 1. The molecular weight excluding hydrogens is 202 g/mol. The Labute approximate surface area is 99.1 Å². The number of aliphatic carboxylic acids is 1. The number of hydrogen-bond donors (Lipinski definition) is 2. The second-order valence-electron chi connectivity index (χ2n) is 4.48. The lowest BCUT2D eigenvalue weighted by molar-refractivity contribution is -0.872. The predicted octanol–water partition coefficient (Wildman–Crippen LogP) is 1.50. The van der Waals surface area contributed by atoms with Crippen LogP contribution >= 0.6 is 0 Å². The number of rotatable bonds is 11. The molecule has 0 radical (unpaired) electrons. The van der Waals surface area contributed by atoms with Gasteiger partial charge in [0.25, 0.3) is 0 Å². The Morgan fingerprint density at radius 1 is 1.19 bits per heavy atom. The van der Waals surface area contributed by atoms with Crippen molar-refractivity contribution in [3.63, 3.8) is 0 Å². The zero-order chi connectivity index (χ0) is 12.2. The fraction of sp³-hybridized carbons (Fsp3) is 0.769. The summed E-state index contributed by atoms with van der Waals surface area (Å²) in [5, 5.41) is 8.58. The highest BCUT2D eigenvalue weighted by Gasteiger charge is 2.06. The van der Waals surface area contributed by atoms with Crippen molar-refractivity contribution < 1.29 is 14.8 Å². The standard InChI is InChI=1S/C13H25NO2/c1-3-4-5-6-7-8-9-10-11-14(2)12-13(15)16/h3H,1,4-12H2,2H3,(H,15,16)/p+1. The molecule has 0 rings (SSSR count). The summed E-state index contributed by atoms with van der Waals surface area (Å²) in [6.07, 6.45) is 10.6. The van der Waals surface area contributed by atoms with Gasteiger partial charge >= 0.3 is 5.97 Å². The van der Waals surface area contributed by atoms with Crippen LogP contribution in [0.3, 0.4) is 0 Å².